The van der Waals surface area contributed by atoms with Gasteiger partial charge in [-0.2, -0.15) is 0 Å². The summed E-state index contributed by atoms with van der Waals surface area (Å²) in [6.45, 7) is 4.54. The van der Waals surface area contributed by atoms with Crippen molar-refractivity contribution in [2.24, 2.45) is 0 Å². The Morgan fingerprint density at radius 3 is 2.45 bits per heavy atom. The smallest absolute Gasteiger partial charge is 0.340 e. The van der Waals surface area contributed by atoms with Crippen molar-refractivity contribution < 1.29 is 14.3 Å². The molecule has 0 aliphatic carbocycles. The van der Waals surface area contributed by atoms with Crippen LogP contribution in [0.1, 0.15) is 38.8 Å². The average Bonchev–Trinajstić information content (AvgIpc) is 2.74. The fourth-order valence-corrected chi connectivity index (χ4v) is 2.71. The van der Waals surface area contributed by atoms with E-state index in [2.05, 4.69) is 15.6 Å². The van der Waals surface area contributed by atoms with Gasteiger partial charge in [0.2, 0.25) is 0 Å². The van der Waals surface area contributed by atoms with Crippen molar-refractivity contribution in [2.45, 2.75) is 20.4 Å². The molecule has 0 radical (unpaired) electrons. The molecular formula is C23H23N3O3. The zero-order chi connectivity index (χ0) is 20.6. The molecule has 1 aromatic heterocycles. The number of anilines is 2. The van der Waals surface area contributed by atoms with Gasteiger partial charge in [-0.05, 0) is 43.7 Å². The molecule has 3 rings (SSSR count). The number of aromatic nitrogens is 1. The highest BCUT2D eigenvalue weighted by Gasteiger charge is 2.13. The molecule has 0 aliphatic heterocycles. The number of rotatable bonds is 7. The number of esters is 1. The fraction of sp³-hybridized carbons (Fsp3) is 0.174. The summed E-state index contributed by atoms with van der Waals surface area (Å²) in [5.74, 6) is -0.0731. The molecule has 0 spiro atoms. The Morgan fingerprint density at radius 2 is 1.76 bits per heavy atom. The van der Waals surface area contributed by atoms with E-state index < -0.39 is 5.97 Å². The lowest BCUT2D eigenvalue weighted by molar-refractivity contribution is 0.0527. The minimum absolute atomic E-state index is 0.198. The van der Waals surface area contributed by atoms with Crippen LogP contribution in [0.25, 0.3) is 0 Å². The molecule has 0 saturated carbocycles. The number of hydrogen-bond acceptors (Lipinski definition) is 5. The third kappa shape index (κ3) is 5.42. The highest BCUT2D eigenvalue weighted by molar-refractivity contribution is 5.96. The van der Waals surface area contributed by atoms with Gasteiger partial charge < -0.3 is 15.4 Å². The summed E-state index contributed by atoms with van der Waals surface area (Å²) >= 11 is 0. The maximum atomic E-state index is 12.3. The van der Waals surface area contributed by atoms with Gasteiger partial charge in [0.15, 0.2) is 0 Å². The minimum Gasteiger partial charge on any atom is -0.462 e. The molecule has 2 aromatic carbocycles. The van der Waals surface area contributed by atoms with Crippen LogP contribution in [-0.4, -0.2) is 23.5 Å². The lowest BCUT2D eigenvalue weighted by Gasteiger charge is -2.11. The zero-order valence-corrected chi connectivity index (χ0v) is 16.4. The standard InChI is InChI=1S/C23H23N3O3/c1-3-29-23(28)19-6-4-5-7-20(19)26-21-13-12-18(15-24-21)22(27)25-14-17-10-8-16(2)9-11-17/h4-13,15H,3,14H2,1-2H3,(H,24,26)(H,25,27). The number of benzene rings is 2. The first-order valence-electron chi connectivity index (χ1n) is 9.40. The van der Waals surface area contributed by atoms with Crippen molar-refractivity contribution in [3.8, 4) is 0 Å². The maximum absolute atomic E-state index is 12.3. The Kier molecular flexibility index (Phi) is 6.58. The van der Waals surface area contributed by atoms with Crippen LogP contribution in [-0.2, 0) is 11.3 Å². The highest BCUT2D eigenvalue weighted by atomic mass is 16.5. The van der Waals surface area contributed by atoms with Gasteiger partial charge in [-0.1, -0.05) is 42.0 Å². The second-order valence-electron chi connectivity index (χ2n) is 6.49. The number of hydrogen-bond donors (Lipinski definition) is 2. The topological polar surface area (TPSA) is 80.3 Å². The van der Waals surface area contributed by atoms with Crippen LogP contribution >= 0.6 is 0 Å². The number of nitrogens with zero attached hydrogens (tertiary/aromatic N) is 1. The van der Waals surface area contributed by atoms with E-state index in [0.29, 0.717) is 35.8 Å². The third-order valence-corrected chi connectivity index (χ3v) is 4.28. The Bertz CT molecular complexity index is 983. The molecule has 0 fully saturated rings. The predicted molar refractivity (Wildman–Crippen MR) is 112 cm³/mol. The number of pyridine rings is 1. The quantitative estimate of drug-likeness (QED) is 0.591. The van der Waals surface area contributed by atoms with Crippen LogP contribution in [0.5, 0.6) is 0 Å². The van der Waals surface area contributed by atoms with Gasteiger partial charge in [0, 0.05) is 12.7 Å². The van der Waals surface area contributed by atoms with E-state index in [1.54, 1.807) is 37.3 Å². The molecule has 1 heterocycles. The molecule has 148 valence electrons. The number of nitrogens with one attached hydrogen (secondary N) is 2. The molecule has 0 atom stereocenters. The molecule has 0 unspecified atom stereocenters. The van der Waals surface area contributed by atoms with Gasteiger partial charge in [0.1, 0.15) is 5.82 Å². The summed E-state index contributed by atoms with van der Waals surface area (Å²) in [5, 5.41) is 5.98. The normalized spacial score (nSPS) is 10.3. The predicted octanol–water partition coefficient (Wildman–Crippen LogP) is 4.24. The lowest BCUT2D eigenvalue weighted by atomic mass is 10.1. The molecule has 2 N–H and O–H groups in total. The summed E-state index contributed by atoms with van der Waals surface area (Å²) in [6.07, 6.45) is 1.50. The first-order valence-corrected chi connectivity index (χ1v) is 9.40. The Hall–Kier alpha value is -3.67. The van der Waals surface area contributed by atoms with Gasteiger partial charge in [-0.15, -0.1) is 0 Å². The van der Waals surface area contributed by atoms with Crippen molar-refractivity contribution in [1.82, 2.24) is 10.3 Å². The van der Waals surface area contributed by atoms with E-state index in [0.717, 1.165) is 5.56 Å². The van der Waals surface area contributed by atoms with Gasteiger partial charge in [-0.3, -0.25) is 4.79 Å². The number of amides is 1. The third-order valence-electron chi connectivity index (χ3n) is 4.28. The van der Waals surface area contributed by atoms with Crippen LogP contribution in [0.15, 0.2) is 66.9 Å². The van der Waals surface area contributed by atoms with Crippen molar-refractivity contribution in [1.29, 1.82) is 0 Å². The molecule has 29 heavy (non-hydrogen) atoms. The fourth-order valence-electron chi connectivity index (χ4n) is 2.71. The van der Waals surface area contributed by atoms with Crippen molar-refractivity contribution in [3.63, 3.8) is 0 Å². The SMILES string of the molecule is CCOC(=O)c1ccccc1Nc1ccc(C(=O)NCc2ccc(C)cc2)cn1. The Labute approximate surface area is 169 Å². The zero-order valence-electron chi connectivity index (χ0n) is 16.4. The molecule has 1 amide bonds. The van der Waals surface area contributed by atoms with Crippen LogP contribution in [0.4, 0.5) is 11.5 Å². The van der Waals surface area contributed by atoms with Gasteiger partial charge in [0.25, 0.3) is 5.91 Å². The number of carbonyl (C=O) groups excluding carboxylic acids is 2. The number of ether oxygens (including phenoxy) is 1. The first kappa shape index (κ1) is 20.1. The lowest BCUT2D eigenvalue weighted by Crippen LogP contribution is -2.22. The van der Waals surface area contributed by atoms with Crippen LogP contribution in [0.2, 0.25) is 0 Å². The largest absolute Gasteiger partial charge is 0.462 e. The summed E-state index contributed by atoms with van der Waals surface area (Å²) in [5.41, 5.74) is 3.69. The van der Waals surface area contributed by atoms with E-state index >= 15 is 0 Å². The van der Waals surface area contributed by atoms with Gasteiger partial charge in [-0.25, -0.2) is 9.78 Å². The van der Waals surface area contributed by atoms with E-state index in [4.69, 9.17) is 4.74 Å². The second kappa shape index (κ2) is 9.50. The van der Waals surface area contributed by atoms with Crippen molar-refractivity contribution >= 4 is 23.4 Å². The van der Waals surface area contributed by atoms with Crippen molar-refractivity contribution in [2.75, 3.05) is 11.9 Å². The summed E-state index contributed by atoms with van der Waals surface area (Å²) in [7, 11) is 0. The van der Waals surface area contributed by atoms with E-state index in [1.807, 2.05) is 37.3 Å². The average molecular weight is 389 g/mol. The van der Waals surface area contributed by atoms with Crippen LogP contribution < -0.4 is 10.6 Å². The molecule has 0 saturated heterocycles. The Morgan fingerprint density at radius 1 is 1.00 bits per heavy atom. The van der Waals surface area contributed by atoms with Crippen LogP contribution in [0.3, 0.4) is 0 Å². The van der Waals surface area contributed by atoms with Gasteiger partial charge in [0.05, 0.1) is 23.4 Å². The first-order chi connectivity index (χ1) is 14.1. The number of aryl methyl sites for hydroxylation is 1. The molecular weight excluding hydrogens is 366 g/mol. The highest BCUT2D eigenvalue weighted by Crippen LogP contribution is 2.20. The summed E-state index contributed by atoms with van der Waals surface area (Å²) < 4.78 is 5.07. The van der Waals surface area contributed by atoms with E-state index in [1.165, 1.54) is 11.8 Å². The van der Waals surface area contributed by atoms with Crippen molar-refractivity contribution in [3.05, 3.63) is 89.1 Å². The van der Waals surface area contributed by atoms with E-state index in [-0.39, 0.29) is 5.91 Å². The number of para-hydroxylation sites is 1. The maximum Gasteiger partial charge on any atom is 0.340 e. The molecule has 6 heteroatoms. The molecule has 3 aromatic rings. The molecule has 0 bridgehead atoms. The van der Waals surface area contributed by atoms with Crippen LogP contribution in [0, 0.1) is 6.92 Å². The van der Waals surface area contributed by atoms with E-state index in [9.17, 15) is 9.59 Å². The minimum atomic E-state index is -0.400. The Balaban J connectivity index is 1.64. The second-order valence-corrected chi connectivity index (χ2v) is 6.49. The number of carbonyl (C=O) groups is 2. The van der Waals surface area contributed by atoms with Gasteiger partial charge >= 0.3 is 5.97 Å². The summed E-state index contributed by atoms with van der Waals surface area (Å²) in [4.78, 5) is 28.7. The molecule has 6 nitrogen and oxygen atoms in total. The molecule has 0 aliphatic rings. The summed E-state index contributed by atoms with van der Waals surface area (Å²) in [6, 6.07) is 18.4. The monoisotopic (exact) mass is 389 g/mol.